The lowest BCUT2D eigenvalue weighted by molar-refractivity contribution is -0.402. The average molecular weight is 1660 g/mol. The van der Waals surface area contributed by atoms with Crippen LogP contribution in [0, 0.1) is 0 Å². The number of hydrogen-bond donors (Lipinski definition) is 30. The summed E-state index contributed by atoms with van der Waals surface area (Å²) in [5, 5.41) is 305. The molecular formula is C63H107N3O47. The van der Waals surface area contributed by atoms with Crippen molar-refractivity contribution in [3.63, 3.8) is 0 Å². The highest BCUT2D eigenvalue weighted by atomic mass is 16.8. The molecule has 0 bridgehead atoms. The van der Waals surface area contributed by atoms with Crippen molar-refractivity contribution >= 4 is 23.7 Å². The van der Waals surface area contributed by atoms with Gasteiger partial charge in [0, 0.05) is 27.2 Å². The zero-order valence-electron chi connectivity index (χ0n) is 61.0. The van der Waals surface area contributed by atoms with Crippen molar-refractivity contribution in [3.05, 3.63) is 0 Å². The van der Waals surface area contributed by atoms with Crippen molar-refractivity contribution < 1.29 is 233 Å². The molecule has 8 aliphatic heterocycles. The predicted molar refractivity (Wildman–Crippen MR) is 348 cm³/mol. The zero-order valence-corrected chi connectivity index (χ0v) is 61.0. The van der Waals surface area contributed by atoms with Gasteiger partial charge in [-0.15, -0.1) is 0 Å². The first-order valence-electron chi connectivity index (χ1n) is 35.9. The molecule has 0 aliphatic carbocycles. The summed E-state index contributed by atoms with van der Waals surface area (Å²) >= 11 is 0. The summed E-state index contributed by atoms with van der Waals surface area (Å²) in [7, 11) is 0. The molecule has 113 heavy (non-hydrogen) atoms. The van der Waals surface area contributed by atoms with Gasteiger partial charge in [0.25, 0.3) is 5.79 Å². The maximum absolute atomic E-state index is 13.6. The van der Waals surface area contributed by atoms with Gasteiger partial charge in [-0.3, -0.25) is 14.4 Å². The van der Waals surface area contributed by atoms with Crippen LogP contribution in [0.2, 0.25) is 0 Å². The number of nitrogens with one attached hydrogen (secondary N) is 3. The lowest BCUT2D eigenvalue weighted by Gasteiger charge is -2.53. The van der Waals surface area contributed by atoms with Gasteiger partial charge in [0.05, 0.1) is 77.2 Å². The molecular weight excluding hydrogens is 1550 g/mol. The van der Waals surface area contributed by atoms with Gasteiger partial charge in [0.1, 0.15) is 201 Å². The Hall–Kier alpha value is -3.80. The molecule has 0 aromatic carbocycles. The Labute approximate surface area is 640 Å². The minimum atomic E-state index is -3.35. The van der Waals surface area contributed by atoms with Gasteiger partial charge in [-0.2, -0.15) is 0 Å². The second-order valence-corrected chi connectivity index (χ2v) is 28.5. The third kappa shape index (κ3) is 21.0. The number of carbonyl (C=O) groups excluding carboxylic acids is 3. The topological polar surface area (TPSA) is 798 Å². The molecule has 8 rings (SSSR count). The van der Waals surface area contributed by atoms with Gasteiger partial charge in [0.2, 0.25) is 17.7 Å². The van der Waals surface area contributed by atoms with E-state index < -0.39 is 358 Å². The summed E-state index contributed by atoms with van der Waals surface area (Å²) in [4.78, 5) is 52.7. The van der Waals surface area contributed by atoms with E-state index >= 15 is 0 Å². The Kier molecular flexibility index (Phi) is 34.3. The Morgan fingerprint density at radius 3 is 1.10 bits per heavy atom. The van der Waals surface area contributed by atoms with Crippen LogP contribution in [0.4, 0.5) is 0 Å². The summed E-state index contributed by atoms with van der Waals surface area (Å²) < 4.78 is 95.8. The highest BCUT2D eigenvalue weighted by Gasteiger charge is 2.64. The zero-order chi connectivity index (χ0) is 84.0. The molecule has 8 heterocycles. The van der Waals surface area contributed by atoms with E-state index in [0.29, 0.717) is 0 Å². The molecule has 0 aromatic heterocycles. The quantitative estimate of drug-likeness (QED) is 0.0290. The maximum Gasteiger partial charge on any atom is 0.364 e. The van der Waals surface area contributed by atoms with Crippen LogP contribution in [0.1, 0.15) is 41.0 Å². The average Bonchev–Trinajstić information content (AvgIpc) is 0.756. The molecule has 0 aromatic rings. The van der Waals surface area contributed by atoms with E-state index in [1.807, 2.05) is 0 Å². The molecule has 45 atom stereocenters. The minimum absolute atomic E-state index is 0.873. The molecule has 8 fully saturated rings. The summed E-state index contributed by atoms with van der Waals surface area (Å²) in [5.41, 5.74) is 0. The van der Waals surface area contributed by atoms with Crippen molar-refractivity contribution in [3.8, 4) is 0 Å². The number of carboxylic acids is 1. The molecule has 50 heteroatoms. The molecule has 8 saturated heterocycles. The van der Waals surface area contributed by atoms with Crippen molar-refractivity contribution in [1.29, 1.82) is 0 Å². The molecule has 0 saturated carbocycles. The first kappa shape index (κ1) is 94.7. The first-order chi connectivity index (χ1) is 53.2. The molecule has 50 nitrogen and oxygen atoms in total. The molecule has 656 valence electrons. The molecule has 30 N–H and O–H groups in total. The standard InChI is InChI=1S/C63H107N3O47/c1-15-32(82)39(89)41(91)57(98-15)108-50-30(65-18(4)76)55(110-52-36(86)24(10-70)100-59(43(52)93)105-46(23(81)9-69)34(84)21(79)7-67)103-27(13-73)47(50)106-60-44(94)53(37(87)25(11-71)101-60)111-56-31(66-19(5)77)51(109-58-42(92)40(90)33(83)16(2)99-58)48(28(14-74)104-56)107-61-45(95)54(38(88)26(12-72)102-61)113-63(62(96)97)6-20(78)29(64-17(3)75)49(112-63)35(85)22(80)8-68/h15-16,20-61,67-74,78-95H,6-14H2,1-5H3,(H,64,75)(H,65,76)(H,66,77)(H,96,97)/t15-,16-,20-,21-,22+,23+,24+,25+,26+,27+,28+,29+,30+,31+,32+,33+,34+,35+,36-,37-,38-,39+,40+,41-,42-,43+,44+,45+,46+,47+,48+,49+,50+,51+,52-,53-,54-,55-,56-,57-,58-,59-,60-,61-,63-/m0/s1. The van der Waals surface area contributed by atoms with Crippen LogP contribution in [-0.2, 0) is 95.0 Å². The van der Waals surface area contributed by atoms with Crippen molar-refractivity contribution in [2.75, 3.05) is 52.9 Å². The first-order valence-corrected chi connectivity index (χ1v) is 35.9. The van der Waals surface area contributed by atoms with Gasteiger partial charge in [-0.05, 0) is 13.8 Å². The number of aliphatic hydroxyl groups is 26. The van der Waals surface area contributed by atoms with Gasteiger partial charge in [-0.1, -0.05) is 0 Å². The van der Waals surface area contributed by atoms with Gasteiger partial charge < -0.3 is 230 Å². The molecule has 0 spiro atoms. The maximum atomic E-state index is 13.6. The van der Waals surface area contributed by atoms with Crippen LogP contribution in [0.5, 0.6) is 0 Å². The highest BCUT2D eigenvalue weighted by molar-refractivity contribution is 5.77. The Bertz CT molecular complexity index is 2990. The van der Waals surface area contributed by atoms with E-state index in [1.54, 1.807) is 0 Å². The smallest absolute Gasteiger partial charge is 0.364 e. The minimum Gasteiger partial charge on any atom is -0.477 e. The van der Waals surface area contributed by atoms with Crippen molar-refractivity contribution in [2.24, 2.45) is 0 Å². The van der Waals surface area contributed by atoms with E-state index in [1.165, 1.54) is 13.8 Å². The van der Waals surface area contributed by atoms with E-state index in [2.05, 4.69) is 16.0 Å². The second kappa shape index (κ2) is 41.0. The number of rotatable bonds is 33. The van der Waals surface area contributed by atoms with Crippen LogP contribution >= 0.6 is 0 Å². The second-order valence-electron chi connectivity index (χ2n) is 28.5. The lowest BCUT2D eigenvalue weighted by atomic mass is 9.88. The SMILES string of the molecule is CC(=O)N[C@H]1[C@H](O[C@H]2[C@@H](O)[C@@H](CO)O[C@@H](O[C@@H]([C@H](O)[C@@H](O)CO)[C@H](O)CO)[C@@H]2O)O[C@H](CO)[C@@H](O[C@@H]2O[C@H](CO)[C@H](O)[C@H](O[C@@H]3O[C@H](CO)[C@@H](O[C@@H]4O[C@H](CO)[C@H](O)[C@H](O[C@]5(C(=O)O)C[C@H](O)[C@@H](NC(C)=O)[C@H]([C@H](O)[C@H](O)CO)O5)[C@H]4O)[C@H](O[C@@H]4O[C@@H](C)[C@@H](O)[C@@H](O)[C@@H]4O)[C@H]3NC(C)=O)[C@H]2O)[C@@H]1O[C@@H]1O[C@@H](C)[C@@H](O)[C@@H](O)[C@@H]1O. The molecule has 0 unspecified atom stereocenters. The number of hydrogen-bond acceptors (Lipinski definition) is 46. The number of aliphatic carboxylic acids is 1. The Morgan fingerprint density at radius 1 is 0.381 bits per heavy atom. The lowest BCUT2D eigenvalue weighted by Crippen LogP contribution is -2.72. The van der Waals surface area contributed by atoms with Gasteiger partial charge in [0.15, 0.2) is 44.0 Å². The van der Waals surface area contributed by atoms with E-state index in [9.17, 15) is 157 Å². The largest absolute Gasteiger partial charge is 0.477 e. The summed E-state index contributed by atoms with van der Waals surface area (Å²) in [5.74, 6) is -8.51. The highest BCUT2D eigenvalue weighted by Crippen LogP contribution is 2.43. The van der Waals surface area contributed by atoms with E-state index in [4.69, 9.17) is 75.8 Å². The van der Waals surface area contributed by atoms with Crippen molar-refractivity contribution in [2.45, 2.75) is 317 Å². The van der Waals surface area contributed by atoms with Crippen LogP contribution < -0.4 is 16.0 Å². The fourth-order valence-electron chi connectivity index (χ4n) is 14.4. The summed E-state index contributed by atoms with van der Waals surface area (Å²) in [6.07, 6.45) is -90.4. The fraction of sp³-hybridized carbons (Fsp3) is 0.937. The van der Waals surface area contributed by atoms with Crippen LogP contribution in [-0.4, -0.2) is 490 Å². The van der Waals surface area contributed by atoms with Crippen molar-refractivity contribution in [1.82, 2.24) is 16.0 Å². The van der Waals surface area contributed by atoms with E-state index in [-0.39, 0.29) is 0 Å². The normalized spacial score (nSPS) is 46.3. The van der Waals surface area contributed by atoms with E-state index in [0.717, 1.165) is 20.8 Å². The third-order valence-corrected chi connectivity index (χ3v) is 20.5. The monoisotopic (exact) mass is 1660 g/mol. The van der Waals surface area contributed by atoms with Crippen LogP contribution in [0.3, 0.4) is 0 Å². The Morgan fingerprint density at radius 2 is 0.717 bits per heavy atom. The number of carbonyl (C=O) groups is 4. The number of amides is 3. The van der Waals surface area contributed by atoms with Gasteiger partial charge >= 0.3 is 5.97 Å². The third-order valence-electron chi connectivity index (χ3n) is 20.5. The Balaban J connectivity index is 1.16. The predicted octanol–water partition coefficient (Wildman–Crippen LogP) is -19.3. The fourth-order valence-corrected chi connectivity index (χ4v) is 14.4. The molecule has 3 amide bonds. The number of ether oxygens (including phenoxy) is 16. The summed E-state index contributed by atoms with van der Waals surface area (Å²) in [6, 6.07) is -5.97. The number of aliphatic hydroxyl groups excluding tert-OH is 26. The summed E-state index contributed by atoms with van der Waals surface area (Å²) in [6.45, 7) is -4.72. The van der Waals surface area contributed by atoms with Crippen LogP contribution in [0.25, 0.3) is 0 Å². The molecule has 8 aliphatic rings. The molecule has 0 radical (unpaired) electrons. The number of carboxylic acid groups (broad SMARTS) is 1. The van der Waals surface area contributed by atoms with Gasteiger partial charge in [-0.25, -0.2) is 4.79 Å². The van der Waals surface area contributed by atoms with Crippen LogP contribution in [0.15, 0.2) is 0 Å².